The van der Waals surface area contributed by atoms with Crippen LogP contribution in [0.25, 0.3) is 22.4 Å². The molecular weight excluding hydrogens is 416 g/mol. The predicted molar refractivity (Wildman–Crippen MR) is 117 cm³/mol. The number of morpholine rings is 1. The standard InChI is InChI=1S/C20H22N8O4/c1-11(23-20(30)31)18(29)24-13-4-2-12(3-5-13)14-10-22-16-15(25-14)17(27-19(21)26-16)28-6-8-32-9-7-28/h2-5,10-11,23H,6-9H2,1H3,(H,24,29)(H,30,31)(H2,21,22,26,27). The van der Waals surface area contributed by atoms with Crippen molar-refractivity contribution in [3.63, 3.8) is 0 Å². The minimum absolute atomic E-state index is 0.132. The number of aromatic nitrogens is 4. The van der Waals surface area contributed by atoms with Crippen molar-refractivity contribution >= 4 is 40.6 Å². The number of anilines is 3. The van der Waals surface area contributed by atoms with E-state index in [0.29, 0.717) is 54.7 Å². The van der Waals surface area contributed by atoms with Gasteiger partial charge in [0, 0.05) is 24.3 Å². The molecule has 3 aromatic rings. The van der Waals surface area contributed by atoms with Crippen LogP contribution in [0, 0.1) is 0 Å². The number of carbonyl (C=O) groups is 2. The van der Waals surface area contributed by atoms with Crippen LogP contribution >= 0.6 is 0 Å². The minimum Gasteiger partial charge on any atom is -0.465 e. The Morgan fingerprint density at radius 2 is 1.88 bits per heavy atom. The van der Waals surface area contributed by atoms with Crippen LogP contribution in [0.3, 0.4) is 0 Å². The first-order valence-electron chi connectivity index (χ1n) is 9.94. The molecule has 1 atom stereocenters. The first-order chi connectivity index (χ1) is 15.4. The summed E-state index contributed by atoms with van der Waals surface area (Å²) in [6, 6.07) is 6.09. The summed E-state index contributed by atoms with van der Waals surface area (Å²) in [5, 5.41) is 13.5. The summed E-state index contributed by atoms with van der Waals surface area (Å²) in [6.07, 6.45) is 0.338. The third-order valence-corrected chi connectivity index (χ3v) is 4.90. The molecular formula is C20H22N8O4. The van der Waals surface area contributed by atoms with Gasteiger partial charge >= 0.3 is 6.09 Å². The van der Waals surface area contributed by atoms with Crippen molar-refractivity contribution in [3.8, 4) is 11.3 Å². The van der Waals surface area contributed by atoms with Crippen molar-refractivity contribution in [2.24, 2.45) is 0 Å². The number of carboxylic acid groups (broad SMARTS) is 1. The zero-order valence-electron chi connectivity index (χ0n) is 17.3. The number of hydrogen-bond acceptors (Lipinski definition) is 9. The maximum atomic E-state index is 12.1. The number of fused-ring (bicyclic) bond motifs is 1. The number of rotatable bonds is 5. The molecule has 1 aromatic carbocycles. The fourth-order valence-electron chi connectivity index (χ4n) is 3.27. The van der Waals surface area contributed by atoms with E-state index in [4.69, 9.17) is 20.6 Å². The summed E-state index contributed by atoms with van der Waals surface area (Å²) >= 11 is 0. The molecule has 1 unspecified atom stereocenters. The Hall–Kier alpha value is -4.06. The SMILES string of the molecule is CC(NC(=O)O)C(=O)Nc1ccc(-c2cnc3nc(N)nc(N4CCOCC4)c3n2)cc1. The largest absolute Gasteiger partial charge is 0.465 e. The van der Waals surface area contributed by atoms with Crippen LogP contribution in [0.2, 0.25) is 0 Å². The van der Waals surface area contributed by atoms with Gasteiger partial charge in [-0.25, -0.2) is 14.8 Å². The Labute approximate surface area is 182 Å². The topological polar surface area (TPSA) is 168 Å². The molecule has 5 N–H and O–H groups in total. The normalized spacial score (nSPS) is 14.7. The van der Waals surface area contributed by atoms with Crippen LogP contribution in [-0.4, -0.2) is 69.4 Å². The fraction of sp³-hybridized carbons (Fsp3) is 0.300. The second-order valence-corrected chi connectivity index (χ2v) is 7.17. The maximum Gasteiger partial charge on any atom is 0.405 e. The van der Waals surface area contributed by atoms with Gasteiger partial charge in [-0.1, -0.05) is 12.1 Å². The monoisotopic (exact) mass is 438 g/mol. The summed E-state index contributed by atoms with van der Waals surface area (Å²) in [5.41, 5.74) is 8.73. The van der Waals surface area contributed by atoms with Crippen molar-refractivity contribution in [1.29, 1.82) is 0 Å². The van der Waals surface area contributed by atoms with Gasteiger partial charge in [-0.2, -0.15) is 9.97 Å². The summed E-state index contributed by atoms with van der Waals surface area (Å²) in [7, 11) is 0. The Kier molecular flexibility index (Phi) is 5.94. The molecule has 12 nitrogen and oxygen atoms in total. The van der Waals surface area contributed by atoms with E-state index in [1.807, 2.05) is 4.90 Å². The molecule has 3 heterocycles. The van der Waals surface area contributed by atoms with Gasteiger partial charge in [0.25, 0.3) is 0 Å². The molecule has 0 bridgehead atoms. The molecule has 32 heavy (non-hydrogen) atoms. The second kappa shape index (κ2) is 8.98. The van der Waals surface area contributed by atoms with Crippen LogP contribution in [-0.2, 0) is 9.53 Å². The van der Waals surface area contributed by atoms with Crippen molar-refractivity contribution in [3.05, 3.63) is 30.5 Å². The molecule has 1 saturated heterocycles. The number of nitrogens with zero attached hydrogens (tertiary/aromatic N) is 5. The van der Waals surface area contributed by atoms with Crippen LogP contribution < -0.4 is 21.3 Å². The Morgan fingerprint density at radius 3 is 2.56 bits per heavy atom. The average molecular weight is 438 g/mol. The van der Waals surface area contributed by atoms with Gasteiger partial charge in [0.1, 0.15) is 6.04 Å². The molecule has 2 amide bonds. The second-order valence-electron chi connectivity index (χ2n) is 7.17. The summed E-state index contributed by atoms with van der Waals surface area (Å²) in [6.45, 7) is 3.98. The third kappa shape index (κ3) is 4.64. The van der Waals surface area contributed by atoms with Crippen LogP contribution in [0.1, 0.15) is 6.92 Å². The summed E-state index contributed by atoms with van der Waals surface area (Å²) in [5.74, 6) is 0.289. The molecule has 0 saturated carbocycles. The number of nitrogens with two attached hydrogens (primary N) is 1. The maximum absolute atomic E-state index is 12.1. The number of hydrogen-bond donors (Lipinski definition) is 4. The van der Waals surface area contributed by atoms with Crippen LogP contribution in [0.4, 0.5) is 22.2 Å². The van der Waals surface area contributed by atoms with Crippen LogP contribution in [0.5, 0.6) is 0 Å². The lowest BCUT2D eigenvalue weighted by Gasteiger charge is -2.28. The van der Waals surface area contributed by atoms with E-state index in [1.165, 1.54) is 6.92 Å². The number of nitrogen functional groups attached to an aromatic ring is 1. The number of carbonyl (C=O) groups excluding carboxylic acids is 1. The summed E-state index contributed by atoms with van der Waals surface area (Å²) < 4.78 is 5.41. The van der Waals surface area contributed by atoms with E-state index >= 15 is 0 Å². The lowest BCUT2D eigenvalue weighted by Crippen LogP contribution is -2.40. The van der Waals surface area contributed by atoms with Gasteiger partial charge < -0.3 is 31.1 Å². The minimum atomic E-state index is -1.26. The molecule has 12 heteroatoms. The molecule has 4 rings (SSSR count). The van der Waals surface area contributed by atoms with Gasteiger partial charge in [-0.15, -0.1) is 0 Å². The summed E-state index contributed by atoms with van der Waals surface area (Å²) in [4.78, 5) is 42.5. The number of benzene rings is 1. The Morgan fingerprint density at radius 1 is 1.16 bits per heavy atom. The Bertz CT molecular complexity index is 1150. The third-order valence-electron chi connectivity index (χ3n) is 4.90. The smallest absolute Gasteiger partial charge is 0.405 e. The van der Waals surface area contributed by atoms with Gasteiger partial charge in [0.15, 0.2) is 17.0 Å². The predicted octanol–water partition coefficient (Wildman–Crippen LogP) is 1.10. The number of nitrogens with one attached hydrogen (secondary N) is 2. The zero-order chi connectivity index (χ0) is 22.7. The quantitative estimate of drug-likeness (QED) is 0.452. The highest BCUT2D eigenvalue weighted by molar-refractivity contribution is 5.96. The highest BCUT2D eigenvalue weighted by atomic mass is 16.5. The zero-order valence-corrected chi connectivity index (χ0v) is 17.3. The van der Waals surface area contributed by atoms with Gasteiger partial charge in [-0.05, 0) is 19.1 Å². The van der Waals surface area contributed by atoms with Gasteiger partial charge in [-0.3, -0.25) is 4.79 Å². The highest BCUT2D eigenvalue weighted by Crippen LogP contribution is 2.26. The van der Waals surface area contributed by atoms with Crippen molar-refractivity contribution < 1.29 is 19.4 Å². The first-order valence-corrected chi connectivity index (χ1v) is 9.94. The van der Waals surface area contributed by atoms with E-state index < -0.39 is 18.0 Å². The highest BCUT2D eigenvalue weighted by Gasteiger charge is 2.19. The van der Waals surface area contributed by atoms with Crippen LogP contribution in [0.15, 0.2) is 30.5 Å². The van der Waals surface area contributed by atoms with Crippen molar-refractivity contribution in [2.45, 2.75) is 13.0 Å². The number of ether oxygens (including phenoxy) is 1. The van der Waals surface area contributed by atoms with Gasteiger partial charge in [0.2, 0.25) is 11.9 Å². The molecule has 0 radical (unpaired) electrons. The van der Waals surface area contributed by atoms with E-state index in [1.54, 1.807) is 30.5 Å². The molecule has 1 fully saturated rings. The lowest BCUT2D eigenvalue weighted by molar-refractivity contribution is -0.117. The van der Waals surface area contributed by atoms with Crippen molar-refractivity contribution in [1.82, 2.24) is 25.3 Å². The van der Waals surface area contributed by atoms with Gasteiger partial charge in [0.05, 0.1) is 25.1 Å². The average Bonchev–Trinajstić information content (AvgIpc) is 2.79. The number of amides is 2. The van der Waals surface area contributed by atoms with E-state index in [0.717, 1.165) is 5.56 Å². The molecule has 1 aliphatic rings. The molecule has 0 aliphatic carbocycles. The fourth-order valence-corrected chi connectivity index (χ4v) is 3.27. The van der Waals surface area contributed by atoms with E-state index in [-0.39, 0.29) is 5.95 Å². The van der Waals surface area contributed by atoms with Crippen molar-refractivity contribution in [2.75, 3.05) is 42.3 Å². The molecule has 1 aliphatic heterocycles. The molecule has 166 valence electrons. The first kappa shape index (κ1) is 21.2. The molecule has 0 spiro atoms. The van der Waals surface area contributed by atoms with E-state index in [9.17, 15) is 9.59 Å². The van der Waals surface area contributed by atoms with E-state index in [2.05, 4.69) is 25.6 Å². The lowest BCUT2D eigenvalue weighted by atomic mass is 10.1. The Balaban J connectivity index is 1.59. The molecule has 2 aromatic heterocycles.